The van der Waals surface area contributed by atoms with Crippen molar-refractivity contribution in [3.05, 3.63) is 46.1 Å². The summed E-state index contributed by atoms with van der Waals surface area (Å²) in [5.74, 6) is 0.256. The number of nitriles is 1. The lowest BCUT2D eigenvalue weighted by Gasteiger charge is -2.21. The molecule has 1 heterocycles. The smallest absolute Gasteiger partial charge is 0.163 e. The van der Waals surface area contributed by atoms with Crippen LogP contribution in [0.4, 0.5) is 5.82 Å². The number of aliphatic hydroxyl groups excluding tert-OH is 1. The molecule has 0 aliphatic heterocycles. The Morgan fingerprint density at radius 3 is 2.62 bits per heavy atom. The van der Waals surface area contributed by atoms with Gasteiger partial charge in [0.05, 0.1) is 11.8 Å². The maximum Gasteiger partial charge on any atom is 0.163 e. The van der Waals surface area contributed by atoms with E-state index in [0.717, 1.165) is 35.3 Å². The molecule has 24 heavy (non-hydrogen) atoms. The van der Waals surface area contributed by atoms with Gasteiger partial charge >= 0.3 is 0 Å². The first kappa shape index (κ1) is 18.0. The molecule has 0 radical (unpaired) electrons. The number of hydrogen-bond donors (Lipinski definition) is 3. The number of aliphatic hydroxyl groups is 1. The third-order valence-corrected chi connectivity index (χ3v) is 4.06. The summed E-state index contributed by atoms with van der Waals surface area (Å²) in [5, 5.41) is 26.2. The number of aromatic amines is 1. The molecule has 0 aliphatic carbocycles. The molecule has 2 aromatic rings. The van der Waals surface area contributed by atoms with E-state index in [1.807, 2.05) is 33.0 Å². The number of aromatic nitrogens is 2. The zero-order valence-electron chi connectivity index (χ0n) is 14.5. The van der Waals surface area contributed by atoms with Gasteiger partial charge in [-0.2, -0.15) is 10.4 Å². The van der Waals surface area contributed by atoms with Crippen LogP contribution in [0, 0.1) is 25.2 Å². The number of H-pyrrole nitrogens is 1. The van der Waals surface area contributed by atoms with Gasteiger partial charge < -0.3 is 15.7 Å². The van der Waals surface area contributed by atoms with E-state index >= 15 is 0 Å². The van der Waals surface area contributed by atoms with Crippen LogP contribution < -0.4 is 5.73 Å². The molecular formula is C18H25N5O. The zero-order valence-corrected chi connectivity index (χ0v) is 14.5. The van der Waals surface area contributed by atoms with E-state index in [2.05, 4.69) is 27.2 Å². The second-order valence-electron chi connectivity index (χ2n) is 6.38. The van der Waals surface area contributed by atoms with Crippen molar-refractivity contribution in [1.29, 1.82) is 5.26 Å². The van der Waals surface area contributed by atoms with Crippen LogP contribution in [0.2, 0.25) is 0 Å². The Balaban J connectivity index is 1.84. The van der Waals surface area contributed by atoms with Crippen LogP contribution in [-0.4, -0.2) is 40.3 Å². The van der Waals surface area contributed by atoms with Crippen LogP contribution >= 0.6 is 0 Å². The molecular weight excluding hydrogens is 302 g/mol. The predicted octanol–water partition coefficient (Wildman–Crippen LogP) is 2.08. The van der Waals surface area contributed by atoms with E-state index in [-0.39, 0.29) is 5.82 Å². The van der Waals surface area contributed by atoms with Gasteiger partial charge in [-0.15, -0.1) is 0 Å². The summed E-state index contributed by atoms with van der Waals surface area (Å²) in [7, 11) is 1.98. The molecule has 0 fully saturated rings. The predicted molar refractivity (Wildman–Crippen MR) is 94.4 cm³/mol. The Morgan fingerprint density at radius 1 is 1.33 bits per heavy atom. The quantitative estimate of drug-likeness (QED) is 0.722. The zero-order chi connectivity index (χ0) is 17.7. The molecule has 6 heteroatoms. The molecule has 1 atom stereocenters. The summed E-state index contributed by atoms with van der Waals surface area (Å²) >= 11 is 0. The molecule has 1 aromatic carbocycles. The first-order valence-electron chi connectivity index (χ1n) is 8.08. The number of benzene rings is 1. The average Bonchev–Trinajstić information content (AvgIpc) is 2.86. The Bertz CT molecular complexity index is 711. The highest BCUT2D eigenvalue weighted by molar-refractivity contribution is 5.50. The van der Waals surface area contributed by atoms with Crippen molar-refractivity contribution in [1.82, 2.24) is 15.1 Å². The first-order valence-corrected chi connectivity index (χ1v) is 8.08. The SMILES string of the molecule is Cc1cc(C)cc(C(O)CN(C)CCCc2[nH]nc(N)c2C#N)c1. The second kappa shape index (κ2) is 7.95. The molecule has 2 rings (SSSR count). The highest BCUT2D eigenvalue weighted by atomic mass is 16.3. The fourth-order valence-corrected chi connectivity index (χ4v) is 2.92. The van der Waals surface area contributed by atoms with Crippen molar-refractivity contribution in [3.8, 4) is 6.07 Å². The summed E-state index contributed by atoms with van der Waals surface area (Å²) in [6.07, 6.45) is 1.05. The summed E-state index contributed by atoms with van der Waals surface area (Å²) < 4.78 is 0. The highest BCUT2D eigenvalue weighted by Crippen LogP contribution is 2.18. The monoisotopic (exact) mass is 327 g/mol. The molecule has 0 aliphatic rings. The number of nitrogen functional groups attached to an aromatic ring is 1. The third kappa shape index (κ3) is 4.57. The normalized spacial score (nSPS) is 12.3. The highest BCUT2D eigenvalue weighted by Gasteiger charge is 2.13. The van der Waals surface area contributed by atoms with Crippen molar-refractivity contribution in [2.45, 2.75) is 32.8 Å². The van der Waals surface area contributed by atoms with Crippen molar-refractivity contribution >= 4 is 5.82 Å². The van der Waals surface area contributed by atoms with Crippen LogP contribution in [0.3, 0.4) is 0 Å². The van der Waals surface area contributed by atoms with Gasteiger partial charge in [-0.1, -0.05) is 29.3 Å². The van der Waals surface area contributed by atoms with Crippen molar-refractivity contribution < 1.29 is 5.11 Å². The molecule has 0 spiro atoms. The standard InChI is InChI=1S/C18H25N5O/c1-12-7-13(2)9-14(8-12)17(24)11-23(3)6-4-5-16-15(10-19)18(20)22-21-16/h7-9,17,24H,4-6,11H2,1-3H3,(H3,20,21,22). The van der Waals surface area contributed by atoms with Crippen molar-refractivity contribution in [2.75, 3.05) is 25.9 Å². The Kier molecular flexibility index (Phi) is 5.96. The Labute approximate surface area is 142 Å². The molecule has 0 saturated carbocycles. The summed E-state index contributed by atoms with van der Waals surface area (Å²) in [5.41, 5.74) is 10.1. The minimum Gasteiger partial charge on any atom is -0.387 e. The molecule has 6 nitrogen and oxygen atoms in total. The molecule has 0 amide bonds. The number of nitrogens with two attached hydrogens (primary N) is 1. The van der Waals surface area contributed by atoms with Gasteiger partial charge in [-0.3, -0.25) is 5.10 Å². The summed E-state index contributed by atoms with van der Waals surface area (Å²) in [6.45, 7) is 5.45. The largest absolute Gasteiger partial charge is 0.387 e. The van der Waals surface area contributed by atoms with E-state index in [0.29, 0.717) is 18.5 Å². The maximum atomic E-state index is 10.4. The van der Waals surface area contributed by atoms with E-state index in [1.165, 1.54) is 0 Å². The minimum absolute atomic E-state index is 0.256. The number of hydrogen-bond acceptors (Lipinski definition) is 5. The average molecular weight is 327 g/mol. The molecule has 1 aromatic heterocycles. The van der Waals surface area contributed by atoms with Gasteiger partial charge in [0, 0.05) is 6.54 Å². The van der Waals surface area contributed by atoms with Crippen molar-refractivity contribution in [3.63, 3.8) is 0 Å². The van der Waals surface area contributed by atoms with Crippen LogP contribution in [-0.2, 0) is 6.42 Å². The van der Waals surface area contributed by atoms with Gasteiger partial charge in [0.15, 0.2) is 5.82 Å². The van der Waals surface area contributed by atoms with E-state index in [1.54, 1.807) is 0 Å². The lowest BCUT2D eigenvalue weighted by Crippen LogP contribution is -2.26. The van der Waals surface area contributed by atoms with Crippen LogP contribution in [0.15, 0.2) is 18.2 Å². The lowest BCUT2D eigenvalue weighted by molar-refractivity contribution is 0.126. The van der Waals surface area contributed by atoms with Crippen molar-refractivity contribution in [2.24, 2.45) is 0 Å². The Hall–Kier alpha value is -2.36. The van der Waals surface area contributed by atoms with E-state index < -0.39 is 6.10 Å². The number of rotatable bonds is 7. The third-order valence-electron chi connectivity index (χ3n) is 4.06. The first-order chi connectivity index (χ1) is 11.4. The molecule has 1 unspecified atom stereocenters. The van der Waals surface area contributed by atoms with Gasteiger partial charge in [0.1, 0.15) is 11.6 Å². The number of aryl methyl sites for hydroxylation is 3. The fraction of sp³-hybridized carbons (Fsp3) is 0.444. The molecule has 128 valence electrons. The van der Waals surface area contributed by atoms with Gasteiger partial charge in [-0.05, 0) is 45.8 Å². The van der Waals surface area contributed by atoms with Crippen LogP contribution in [0.5, 0.6) is 0 Å². The number of likely N-dealkylation sites (N-methyl/N-ethyl adjacent to an activating group) is 1. The second-order valence-corrected chi connectivity index (χ2v) is 6.38. The number of anilines is 1. The van der Waals surface area contributed by atoms with Gasteiger partial charge in [0.2, 0.25) is 0 Å². The number of nitrogens with one attached hydrogen (secondary N) is 1. The number of nitrogens with zero attached hydrogens (tertiary/aromatic N) is 3. The molecule has 0 bridgehead atoms. The minimum atomic E-state index is -0.508. The summed E-state index contributed by atoms with van der Waals surface area (Å²) in [6, 6.07) is 8.23. The van der Waals surface area contributed by atoms with E-state index in [4.69, 9.17) is 11.0 Å². The van der Waals surface area contributed by atoms with Crippen LogP contribution in [0.25, 0.3) is 0 Å². The Morgan fingerprint density at radius 2 is 2.00 bits per heavy atom. The van der Waals surface area contributed by atoms with Gasteiger partial charge in [-0.25, -0.2) is 0 Å². The lowest BCUT2D eigenvalue weighted by atomic mass is 10.0. The van der Waals surface area contributed by atoms with Gasteiger partial charge in [0.25, 0.3) is 0 Å². The van der Waals surface area contributed by atoms with Crippen LogP contribution in [0.1, 0.15) is 40.5 Å². The fourth-order valence-electron chi connectivity index (χ4n) is 2.92. The maximum absolute atomic E-state index is 10.4. The molecule has 4 N–H and O–H groups in total. The van der Waals surface area contributed by atoms with E-state index in [9.17, 15) is 5.11 Å². The topological polar surface area (TPSA) is 102 Å². The molecule has 0 saturated heterocycles. The summed E-state index contributed by atoms with van der Waals surface area (Å²) in [4.78, 5) is 2.09.